The first-order valence-corrected chi connectivity index (χ1v) is 28.0. The van der Waals surface area contributed by atoms with Crippen LogP contribution in [-0.2, 0) is 56.0 Å². The number of rotatable bonds is 17. The van der Waals surface area contributed by atoms with Crippen LogP contribution in [0, 0.1) is 17.6 Å². The molecular weight excluding hydrogens is 1090 g/mol. The Morgan fingerprint density at radius 3 is 0.773 bits per heavy atom. The minimum atomic E-state index is -1.10. The molecule has 6 aromatic carbocycles. The molecular formula is C53H51ClIrO8P3. The van der Waals surface area contributed by atoms with Crippen molar-refractivity contribution in [2.75, 3.05) is 46.9 Å². The van der Waals surface area contributed by atoms with Gasteiger partial charge in [0.05, 0.1) is 28.4 Å². The monoisotopic (exact) mass is 1140 g/mol. The molecule has 0 aliphatic rings. The standard InChI is InChI=1S/C41H39P3.C12H12O8.ClH.Ir/c1-41(32-42(35-20-8-2-9-21-35)36-22-10-3-11-23-36,33-43(37-24-12-4-13-25-37)38-26-14-5-15-27-38)34-44(39-28-16-6-17-29-39)40-30-18-7-19-31-40;1-17-9(13)5-7(11(15)19-3)8(12(16)20-4)6-10(14)18-2;;/h2-31H,32-34H2,1H3;1-4H3;1H;/q;-2;;+3/p-1. The van der Waals surface area contributed by atoms with E-state index >= 15 is 0 Å². The van der Waals surface area contributed by atoms with E-state index in [4.69, 9.17) is 0 Å². The van der Waals surface area contributed by atoms with Crippen molar-refractivity contribution in [1.29, 1.82) is 0 Å². The summed E-state index contributed by atoms with van der Waals surface area (Å²) in [6, 6.07) is 67.7. The van der Waals surface area contributed by atoms with Gasteiger partial charge in [0.15, 0.2) is 11.9 Å². The summed E-state index contributed by atoms with van der Waals surface area (Å²) in [5.41, 5.74) is -1.26. The molecule has 0 heterocycles. The van der Waals surface area contributed by atoms with E-state index in [1.54, 1.807) is 0 Å². The number of halogens is 1. The number of carbonyl (C=O) groups is 4. The molecule has 0 saturated carbocycles. The maximum atomic E-state index is 11.5. The first-order valence-electron chi connectivity index (χ1n) is 20.5. The molecule has 0 radical (unpaired) electrons. The second-order valence-corrected chi connectivity index (χ2v) is 21.2. The molecule has 13 heteroatoms. The van der Waals surface area contributed by atoms with E-state index in [2.05, 4.69) is 217 Å². The SMILES string of the molecule is CC(CP(c1ccccc1)c1ccccc1)(CP(c1ccccc1)c1ccccc1)CP(c1ccccc1)c1ccccc1.COC(=O)[C-]=C(C(=O)OC)C(=[C-]C(=O)OC)C(=O)OC.[Cl][Ir+2]. The fourth-order valence-electron chi connectivity index (χ4n) is 6.88. The molecule has 0 saturated heterocycles. The number of methoxy groups -OCH3 is 4. The Balaban J connectivity index is 0.000000367. The van der Waals surface area contributed by atoms with Crippen molar-refractivity contribution in [2.24, 2.45) is 5.41 Å². The third kappa shape index (κ3) is 16.4. The first kappa shape index (κ1) is 53.5. The van der Waals surface area contributed by atoms with Crippen LogP contribution in [0.15, 0.2) is 193 Å². The topological polar surface area (TPSA) is 105 Å². The number of hydrogen-bond acceptors (Lipinski definition) is 8. The minimum absolute atomic E-state index is 0.0756. The van der Waals surface area contributed by atoms with Gasteiger partial charge in [-0.3, -0.25) is 9.59 Å². The van der Waals surface area contributed by atoms with Gasteiger partial charge in [0, 0.05) is 0 Å². The van der Waals surface area contributed by atoms with E-state index in [9.17, 15) is 19.2 Å². The molecule has 0 fully saturated rings. The van der Waals surface area contributed by atoms with Gasteiger partial charge in [-0.25, -0.2) is 11.1 Å². The van der Waals surface area contributed by atoms with Crippen LogP contribution in [0.1, 0.15) is 6.92 Å². The summed E-state index contributed by atoms with van der Waals surface area (Å²) in [6.45, 7) is 2.61. The zero-order chi connectivity index (χ0) is 47.7. The van der Waals surface area contributed by atoms with Gasteiger partial charge in [0.2, 0.25) is 0 Å². The molecule has 0 aliphatic carbocycles. The Kier molecular flexibility index (Phi) is 23.4. The van der Waals surface area contributed by atoms with Crippen LogP contribution >= 0.6 is 33.3 Å². The summed E-state index contributed by atoms with van der Waals surface area (Å²) in [6.07, 6.45) is 7.31. The number of hydrogen-bond donors (Lipinski definition) is 0. The molecule has 6 rings (SSSR count). The fraction of sp³-hybridized carbons (Fsp3) is 0.170. The van der Waals surface area contributed by atoms with E-state index in [0.29, 0.717) is 0 Å². The molecule has 8 nitrogen and oxygen atoms in total. The molecule has 0 aromatic heterocycles. The summed E-state index contributed by atoms with van der Waals surface area (Å²) in [4.78, 5) is 45.4. The van der Waals surface area contributed by atoms with Gasteiger partial charge in [0.25, 0.3) is 11.9 Å². The van der Waals surface area contributed by atoms with E-state index in [-0.39, 0.29) is 5.41 Å². The van der Waals surface area contributed by atoms with Crippen molar-refractivity contribution < 1.29 is 56.0 Å². The molecule has 0 N–H and O–H groups in total. The van der Waals surface area contributed by atoms with E-state index < -0.39 is 58.8 Å². The van der Waals surface area contributed by atoms with Crippen LogP contribution in [0.3, 0.4) is 0 Å². The van der Waals surface area contributed by atoms with Gasteiger partial charge in [0.1, 0.15) is 0 Å². The van der Waals surface area contributed by atoms with Crippen LogP contribution in [0.25, 0.3) is 0 Å². The number of esters is 4. The molecule has 6 aromatic rings. The second-order valence-electron chi connectivity index (χ2n) is 14.5. The predicted octanol–water partition coefficient (Wildman–Crippen LogP) is 8.22. The molecule has 0 atom stereocenters. The average molecular weight is 1140 g/mol. The normalized spacial score (nSPS) is 11.4. The van der Waals surface area contributed by atoms with Crippen LogP contribution in [-0.4, -0.2) is 70.8 Å². The number of benzene rings is 6. The van der Waals surface area contributed by atoms with Crippen molar-refractivity contribution in [1.82, 2.24) is 0 Å². The quantitative estimate of drug-likeness (QED) is 0.0225. The number of ether oxygens (including phenoxy) is 4. The van der Waals surface area contributed by atoms with Gasteiger partial charge in [-0.05, 0) is 79.5 Å². The summed E-state index contributed by atoms with van der Waals surface area (Å²) < 4.78 is 17.3. The van der Waals surface area contributed by atoms with Gasteiger partial charge in [-0.2, -0.15) is 0 Å². The Morgan fingerprint density at radius 2 is 0.606 bits per heavy atom. The van der Waals surface area contributed by atoms with Crippen molar-refractivity contribution >= 4 is 89.1 Å². The predicted molar refractivity (Wildman–Crippen MR) is 267 cm³/mol. The van der Waals surface area contributed by atoms with Crippen LogP contribution < -0.4 is 31.8 Å². The van der Waals surface area contributed by atoms with Crippen molar-refractivity contribution in [3.63, 3.8) is 0 Å². The Bertz CT molecular complexity index is 2100. The molecule has 0 bridgehead atoms. The Hall–Kier alpha value is -5.09. The summed E-state index contributed by atoms with van der Waals surface area (Å²) in [5, 5.41) is 8.79. The Morgan fingerprint density at radius 1 is 0.409 bits per heavy atom. The van der Waals surface area contributed by atoms with Crippen LogP contribution in [0.2, 0.25) is 0 Å². The molecule has 66 heavy (non-hydrogen) atoms. The van der Waals surface area contributed by atoms with Crippen molar-refractivity contribution in [3.05, 3.63) is 205 Å². The van der Waals surface area contributed by atoms with Crippen LogP contribution in [0.4, 0.5) is 0 Å². The summed E-state index contributed by atoms with van der Waals surface area (Å²) in [5.74, 6) is -4.32. The molecule has 342 valence electrons. The van der Waals surface area contributed by atoms with Gasteiger partial charge in [-0.15, -0.1) is 12.2 Å². The number of carbonyl (C=O) groups excluding carboxylic acids is 4. The fourth-order valence-corrected chi connectivity index (χ4v) is 15.6. The van der Waals surface area contributed by atoms with E-state index in [1.165, 1.54) is 49.7 Å². The molecule has 0 spiro atoms. The Labute approximate surface area is 407 Å². The van der Waals surface area contributed by atoms with Crippen molar-refractivity contribution in [3.8, 4) is 0 Å². The molecule has 0 amide bonds. The maximum absolute atomic E-state index is 11.5. The molecule has 0 aliphatic heterocycles. The third-order valence-electron chi connectivity index (χ3n) is 9.88. The van der Waals surface area contributed by atoms with Crippen molar-refractivity contribution in [2.45, 2.75) is 6.92 Å². The van der Waals surface area contributed by atoms with Crippen LogP contribution in [0.5, 0.6) is 0 Å². The molecule has 0 unspecified atom stereocenters. The van der Waals surface area contributed by atoms with E-state index in [1.807, 2.05) is 12.2 Å². The summed E-state index contributed by atoms with van der Waals surface area (Å²) >= 11 is 1.47. The van der Waals surface area contributed by atoms with Gasteiger partial charge in [-0.1, -0.05) is 189 Å². The third-order valence-corrected chi connectivity index (χ3v) is 18.6. The zero-order valence-corrected chi connectivity index (χ0v) is 43.1. The second kappa shape index (κ2) is 28.8. The van der Waals surface area contributed by atoms with Gasteiger partial charge >= 0.3 is 27.5 Å². The van der Waals surface area contributed by atoms with Gasteiger partial charge < -0.3 is 28.5 Å². The zero-order valence-electron chi connectivity index (χ0n) is 37.3. The first-order chi connectivity index (χ1) is 32.1. The average Bonchev–Trinajstić information content (AvgIpc) is 3.39. The van der Waals surface area contributed by atoms with E-state index in [0.717, 1.165) is 46.9 Å². The summed E-state index contributed by atoms with van der Waals surface area (Å²) in [7, 11) is 7.07.